The Balaban J connectivity index is 1.67. The fraction of sp³-hybridized carbons (Fsp3) is 0.304. The van der Waals surface area contributed by atoms with Crippen LogP contribution in [0.4, 0.5) is 18.9 Å². The number of benzene rings is 2. The summed E-state index contributed by atoms with van der Waals surface area (Å²) in [5, 5.41) is 14.7. The molecule has 36 heavy (non-hydrogen) atoms. The zero-order valence-corrected chi connectivity index (χ0v) is 21.7. The largest absolute Gasteiger partial charge is 0.416 e. The molecule has 0 unspecified atom stereocenters. The van der Waals surface area contributed by atoms with Gasteiger partial charge in [0, 0.05) is 18.3 Å². The summed E-state index contributed by atoms with van der Waals surface area (Å²) in [6, 6.07) is 8.45. The van der Waals surface area contributed by atoms with Gasteiger partial charge in [0.25, 0.3) is 5.91 Å². The number of hydrogen-bond donors (Lipinski definition) is 2. The van der Waals surface area contributed by atoms with Crippen LogP contribution < -0.4 is 10.6 Å². The Morgan fingerprint density at radius 2 is 1.81 bits per heavy atom. The van der Waals surface area contributed by atoms with Crippen LogP contribution in [0, 0.1) is 5.92 Å². The first-order valence-corrected chi connectivity index (χ1v) is 12.4. The van der Waals surface area contributed by atoms with Gasteiger partial charge in [-0.05, 0) is 42.3 Å². The van der Waals surface area contributed by atoms with Crippen LogP contribution in [0.25, 0.3) is 0 Å². The minimum Gasteiger partial charge on any atom is -0.342 e. The van der Waals surface area contributed by atoms with Crippen LogP contribution in [0.5, 0.6) is 0 Å². The molecule has 7 nitrogen and oxygen atoms in total. The lowest BCUT2D eigenvalue weighted by molar-refractivity contribution is -0.137. The van der Waals surface area contributed by atoms with Crippen LogP contribution in [-0.2, 0) is 18.0 Å². The van der Waals surface area contributed by atoms with E-state index >= 15 is 0 Å². The van der Waals surface area contributed by atoms with Crippen molar-refractivity contribution in [3.8, 4) is 0 Å². The second kappa shape index (κ2) is 11.5. The van der Waals surface area contributed by atoms with Crippen LogP contribution in [0.3, 0.4) is 0 Å². The Morgan fingerprint density at radius 1 is 1.08 bits per heavy atom. The number of nitrogens with zero attached hydrogens (tertiary/aromatic N) is 3. The summed E-state index contributed by atoms with van der Waals surface area (Å²) in [6.45, 7) is 3.81. The maximum atomic E-state index is 12.9. The van der Waals surface area contributed by atoms with Crippen molar-refractivity contribution in [2.75, 3.05) is 11.1 Å². The van der Waals surface area contributed by atoms with Gasteiger partial charge in [-0.2, -0.15) is 13.2 Å². The Labute approximate surface area is 219 Å². The smallest absolute Gasteiger partial charge is 0.342 e. The van der Waals surface area contributed by atoms with Crippen LogP contribution in [0.2, 0.25) is 10.0 Å². The summed E-state index contributed by atoms with van der Waals surface area (Å²) in [6.07, 6.45) is -4.51. The van der Waals surface area contributed by atoms with Gasteiger partial charge in [0.05, 0.1) is 27.4 Å². The monoisotopic (exact) mass is 559 g/mol. The lowest BCUT2D eigenvalue weighted by Crippen LogP contribution is -2.33. The molecule has 2 amide bonds. The predicted molar refractivity (Wildman–Crippen MR) is 133 cm³/mol. The molecule has 3 aromatic rings. The lowest BCUT2D eigenvalue weighted by Gasteiger charge is -2.22. The van der Waals surface area contributed by atoms with E-state index < -0.39 is 23.7 Å². The van der Waals surface area contributed by atoms with Gasteiger partial charge in [-0.25, -0.2) is 0 Å². The maximum Gasteiger partial charge on any atom is 0.416 e. The van der Waals surface area contributed by atoms with E-state index in [1.807, 2.05) is 13.8 Å². The Hall–Kier alpha value is -2.76. The van der Waals surface area contributed by atoms with E-state index in [-0.39, 0.29) is 28.3 Å². The molecule has 0 aliphatic carbocycles. The van der Waals surface area contributed by atoms with Gasteiger partial charge in [0.15, 0.2) is 11.0 Å². The van der Waals surface area contributed by atoms with Crippen molar-refractivity contribution in [2.45, 2.75) is 31.2 Å². The van der Waals surface area contributed by atoms with Crippen LogP contribution >= 0.6 is 35.0 Å². The third-order valence-electron chi connectivity index (χ3n) is 5.09. The molecule has 1 heterocycles. The average molecular weight is 560 g/mol. The molecule has 0 saturated heterocycles. The molecule has 13 heteroatoms. The quantitative estimate of drug-likeness (QED) is 0.330. The molecule has 192 valence electrons. The number of nitrogens with one attached hydrogen (secondary N) is 2. The second-order valence-electron chi connectivity index (χ2n) is 8.14. The first kappa shape index (κ1) is 27.8. The lowest BCUT2D eigenvalue weighted by atomic mass is 10.0. The average Bonchev–Trinajstić information content (AvgIpc) is 3.17. The number of thioether (sulfide) groups is 1. The summed E-state index contributed by atoms with van der Waals surface area (Å²) in [4.78, 5) is 25.1. The molecular weight excluding hydrogens is 538 g/mol. The van der Waals surface area contributed by atoms with E-state index in [1.165, 1.54) is 24.3 Å². The minimum absolute atomic E-state index is 0.0407. The van der Waals surface area contributed by atoms with E-state index in [0.717, 1.165) is 23.9 Å². The first-order valence-electron chi connectivity index (χ1n) is 10.6. The standard InChI is InChI=1S/C23H22Cl2F3N5O2S/c1-12(2)19(30-21(35)13-7-8-16(24)17(25)9-13)20-31-32-22(33(20)3)36-11-18(34)29-15-6-4-5-14(10-15)23(26,27)28/h4-10,12,19H,11H2,1-3H3,(H,29,34)(H,30,35)/t19-/m1/s1. The van der Waals surface area contributed by atoms with Gasteiger partial charge < -0.3 is 15.2 Å². The van der Waals surface area contributed by atoms with Crippen molar-refractivity contribution in [1.29, 1.82) is 0 Å². The number of carbonyl (C=O) groups excluding carboxylic acids is 2. The van der Waals surface area contributed by atoms with Crippen molar-refractivity contribution in [3.05, 3.63) is 69.5 Å². The van der Waals surface area contributed by atoms with E-state index in [4.69, 9.17) is 23.2 Å². The molecule has 0 spiro atoms. The van der Waals surface area contributed by atoms with Gasteiger partial charge >= 0.3 is 6.18 Å². The zero-order chi connectivity index (χ0) is 26.6. The van der Waals surface area contributed by atoms with E-state index in [9.17, 15) is 22.8 Å². The molecule has 2 aromatic carbocycles. The topological polar surface area (TPSA) is 88.9 Å². The highest BCUT2D eigenvalue weighted by Gasteiger charge is 2.30. The summed E-state index contributed by atoms with van der Waals surface area (Å²) < 4.78 is 40.3. The number of amides is 2. The minimum atomic E-state index is -4.51. The SMILES string of the molecule is CC(C)[C@@H](NC(=O)c1ccc(Cl)c(Cl)c1)c1nnc(SCC(=O)Nc2cccc(C(F)(F)F)c2)n1C. The molecule has 1 atom stereocenters. The number of alkyl halides is 3. The zero-order valence-electron chi connectivity index (χ0n) is 19.4. The van der Waals surface area contributed by atoms with Crippen molar-refractivity contribution in [3.63, 3.8) is 0 Å². The number of anilines is 1. The van der Waals surface area contributed by atoms with E-state index in [0.29, 0.717) is 21.6 Å². The molecular formula is C23H22Cl2F3N5O2S. The van der Waals surface area contributed by atoms with E-state index in [2.05, 4.69) is 20.8 Å². The molecule has 0 aliphatic heterocycles. The highest BCUT2D eigenvalue weighted by atomic mass is 35.5. The molecule has 0 radical (unpaired) electrons. The summed E-state index contributed by atoms with van der Waals surface area (Å²) in [5.41, 5.74) is -0.481. The van der Waals surface area contributed by atoms with Gasteiger partial charge in [0.2, 0.25) is 5.91 Å². The maximum absolute atomic E-state index is 12.9. The fourth-order valence-electron chi connectivity index (χ4n) is 3.21. The molecule has 3 rings (SSSR count). The molecule has 1 aromatic heterocycles. The predicted octanol–water partition coefficient (Wildman–Crippen LogP) is 6.00. The number of carbonyl (C=O) groups is 2. The normalized spacial score (nSPS) is 12.5. The van der Waals surface area contributed by atoms with Gasteiger partial charge in [0.1, 0.15) is 0 Å². The van der Waals surface area contributed by atoms with Crippen LogP contribution in [0.1, 0.15) is 41.6 Å². The van der Waals surface area contributed by atoms with Crippen LogP contribution in [-0.4, -0.2) is 32.3 Å². The van der Waals surface area contributed by atoms with Gasteiger partial charge in [-0.15, -0.1) is 10.2 Å². The molecule has 0 bridgehead atoms. The number of aromatic nitrogens is 3. The Morgan fingerprint density at radius 3 is 2.44 bits per heavy atom. The van der Waals surface area contributed by atoms with Gasteiger partial charge in [-0.3, -0.25) is 9.59 Å². The number of hydrogen-bond acceptors (Lipinski definition) is 5. The highest BCUT2D eigenvalue weighted by molar-refractivity contribution is 7.99. The fourth-order valence-corrected chi connectivity index (χ4v) is 4.23. The van der Waals surface area contributed by atoms with Gasteiger partial charge in [-0.1, -0.05) is 54.9 Å². The van der Waals surface area contributed by atoms with Crippen molar-refractivity contribution in [2.24, 2.45) is 13.0 Å². The summed E-state index contributed by atoms with van der Waals surface area (Å²) in [5.74, 6) is -0.562. The summed E-state index contributed by atoms with van der Waals surface area (Å²) >= 11 is 13.0. The van der Waals surface area contributed by atoms with Crippen molar-refractivity contribution in [1.82, 2.24) is 20.1 Å². The molecule has 0 fully saturated rings. The number of rotatable bonds is 8. The third-order valence-corrected chi connectivity index (χ3v) is 6.85. The first-order chi connectivity index (χ1) is 16.9. The molecule has 0 aliphatic rings. The van der Waals surface area contributed by atoms with E-state index in [1.54, 1.807) is 17.7 Å². The van der Waals surface area contributed by atoms with Crippen molar-refractivity contribution >= 4 is 52.5 Å². The second-order valence-corrected chi connectivity index (χ2v) is 9.90. The number of halogens is 5. The third kappa shape index (κ3) is 6.92. The Kier molecular flexibility index (Phi) is 8.91. The van der Waals surface area contributed by atoms with Crippen molar-refractivity contribution < 1.29 is 22.8 Å². The molecule has 0 saturated carbocycles. The highest BCUT2D eigenvalue weighted by Crippen LogP contribution is 2.31. The summed E-state index contributed by atoms with van der Waals surface area (Å²) in [7, 11) is 1.70. The Bertz CT molecular complexity index is 1270. The van der Waals surface area contributed by atoms with Crippen LogP contribution in [0.15, 0.2) is 47.6 Å². The molecule has 2 N–H and O–H groups in total.